The minimum Gasteiger partial charge on any atom is -0.462 e. The Labute approximate surface area is 270 Å². The average molecular weight is 622 g/mol. The summed E-state index contributed by atoms with van der Waals surface area (Å²) in [5, 5.41) is 0.418. The number of carbonyl (C=O) groups excluding carboxylic acids is 3. The van der Waals surface area contributed by atoms with Crippen molar-refractivity contribution >= 4 is 39.7 Å². The van der Waals surface area contributed by atoms with Gasteiger partial charge in [0.1, 0.15) is 11.3 Å². The van der Waals surface area contributed by atoms with Gasteiger partial charge in [0.05, 0.1) is 29.4 Å². The van der Waals surface area contributed by atoms with E-state index in [1.807, 2.05) is 25.1 Å². The van der Waals surface area contributed by atoms with Crippen LogP contribution in [0.3, 0.4) is 0 Å². The number of ketones is 1. The van der Waals surface area contributed by atoms with Gasteiger partial charge in [-0.3, -0.25) is 14.3 Å². The third-order valence-corrected chi connectivity index (χ3v) is 8.41. The van der Waals surface area contributed by atoms with Crippen LogP contribution >= 0.6 is 0 Å². The quantitative estimate of drug-likeness (QED) is 0.0713. The highest BCUT2D eigenvalue weighted by Gasteiger charge is 2.25. The second kappa shape index (κ2) is 15.0. The number of fused-ring (bicyclic) bond motifs is 2. The van der Waals surface area contributed by atoms with Crippen molar-refractivity contribution in [3.8, 4) is 0 Å². The van der Waals surface area contributed by atoms with Gasteiger partial charge in [0.15, 0.2) is 5.78 Å². The minimum atomic E-state index is -0.494. The molecule has 0 atom stereocenters. The van der Waals surface area contributed by atoms with E-state index < -0.39 is 5.97 Å². The number of amides is 1. The number of carbonyl (C=O) groups is 3. The van der Waals surface area contributed by atoms with Crippen molar-refractivity contribution in [2.24, 2.45) is 0 Å². The summed E-state index contributed by atoms with van der Waals surface area (Å²) in [7, 11) is 3.30. The molecule has 0 radical (unpaired) electrons. The molecule has 1 amide bonds. The Morgan fingerprint density at radius 3 is 2.28 bits per heavy atom. The zero-order chi connectivity index (χ0) is 32.6. The number of imidazole rings is 1. The zero-order valence-electron chi connectivity index (χ0n) is 27.3. The summed E-state index contributed by atoms with van der Waals surface area (Å²) in [6, 6.07) is 14.2. The summed E-state index contributed by atoms with van der Waals surface area (Å²) in [5.41, 5.74) is 4.33. The Kier molecular flexibility index (Phi) is 10.6. The van der Waals surface area contributed by atoms with Crippen molar-refractivity contribution in [3.05, 3.63) is 95.2 Å². The molecule has 46 heavy (non-hydrogen) atoms. The molecule has 0 aliphatic heterocycles. The van der Waals surface area contributed by atoms with Gasteiger partial charge in [0.25, 0.3) is 0 Å². The maximum atomic E-state index is 14.0. The maximum absolute atomic E-state index is 14.0. The summed E-state index contributed by atoms with van der Waals surface area (Å²) in [4.78, 5) is 50.7. The van der Waals surface area contributed by atoms with Crippen LogP contribution in [0.5, 0.6) is 0 Å². The molecular formula is C37H43N5O4. The Hall–Kier alpha value is -4.79. The average Bonchev–Trinajstić information content (AvgIpc) is 3.61. The van der Waals surface area contributed by atoms with Crippen LogP contribution in [-0.2, 0) is 11.3 Å². The van der Waals surface area contributed by atoms with Crippen molar-refractivity contribution < 1.29 is 19.1 Å². The lowest BCUT2D eigenvalue weighted by Crippen LogP contribution is -2.26. The van der Waals surface area contributed by atoms with Gasteiger partial charge in [-0.1, -0.05) is 82.2 Å². The van der Waals surface area contributed by atoms with E-state index in [-0.39, 0.29) is 22.9 Å². The van der Waals surface area contributed by atoms with Crippen molar-refractivity contribution in [1.82, 2.24) is 24.0 Å². The van der Waals surface area contributed by atoms with Crippen LogP contribution in [0, 0.1) is 6.92 Å². The number of hydrogen-bond donors (Lipinski definition) is 0. The summed E-state index contributed by atoms with van der Waals surface area (Å²) >= 11 is 0. The molecule has 0 bridgehead atoms. The molecule has 0 N–H and O–H groups in total. The predicted molar refractivity (Wildman–Crippen MR) is 181 cm³/mol. The number of unbranched alkanes of at least 4 members (excludes halogenated alkanes) is 7. The Morgan fingerprint density at radius 2 is 1.57 bits per heavy atom. The van der Waals surface area contributed by atoms with E-state index in [2.05, 4.69) is 21.5 Å². The van der Waals surface area contributed by atoms with Gasteiger partial charge in [-0.05, 0) is 37.1 Å². The fraction of sp³-hybridized carbons (Fsp3) is 0.378. The van der Waals surface area contributed by atoms with Crippen LogP contribution < -0.4 is 0 Å². The SMILES string of the molecule is CCCCCCCCCCOC(=O)c1cccc2c1c(C(=O)c1ccc(Cn3c(C)nc4cnccc43)cc1)cn2C(=O)N(C)C. The van der Waals surface area contributed by atoms with E-state index in [0.717, 1.165) is 41.7 Å². The van der Waals surface area contributed by atoms with Crippen molar-refractivity contribution in [3.63, 3.8) is 0 Å². The summed E-state index contributed by atoms with van der Waals surface area (Å²) < 4.78 is 9.21. The van der Waals surface area contributed by atoms with Gasteiger partial charge in [0, 0.05) is 49.5 Å². The first kappa shape index (κ1) is 32.6. The summed E-state index contributed by atoms with van der Waals surface area (Å²) in [6.45, 7) is 5.08. The molecule has 0 spiro atoms. The Morgan fingerprint density at radius 1 is 0.848 bits per heavy atom. The number of rotatable bonds is 14. The van der Waals surface area contributed by atoms with E-state index in [1.54, 1.807) is 56.8 Å². The highest BCUT2D eigenvalue weighted by atomic mass is 16.5. The van der Waals surface area contributed by atoms with Crippen LogP contribution in [0.25, 0.3) is 21.9 Å². The first-order valence-electron chi connectivity index (χ1n) is 16.2. The first-order chi connectivity index (χ1) is 22.3. The molecule has 0 aliphatic carbocycles. The predicted octanol–water partition coefficient (Wildman–Crippen LogP) is 7.80. The van der Waals surface area contributed by atoms with Gasteiger partial charge in [-0.15, -0.1) is 0 Å². The van der Waals surface area contributed by atoms with E-state index in [9.17, 15) is 14.4 Å². The van der Waals surface area contributed by atoms with Gasteiger partial charge >= 0.3 is 12.0 Å². The van der Waals surface area contributed by atoms with E-state index in [0.29, 0.717) is 29.6 Å². The van der Waals surface area contributed by atoms with Crippen LogP contribution in [0.4, 0.5) is 4.79 Å². The molecule has 0 saturated heterocycles. The van der Waals surface area contributed by atoms with Gasteiger partial charge in [0.2, 0.25) is 0 Å². The van der Waals surface area contributed by atoms with Crippen LogP contribution in [-0.4, -0.2) is 62.5 Å². The molecule has 5 aromatic rings. The van der Waals surface area contributed by atoms with Crippen LogP contribution in [0.2, 0.25) is 0 Å². The largest absolute Gasteiger partial charge is 0.462 e. The highest BCUT2D eigenvalue weighted by Crippen LogP contribution is 2.29. The molecule has 2 aromatic carbocycles. The van der Waals surface area contributed by atoms with Gasteiger partial charge in [-0.2, -0.15) is 0 Å². The topological polar surface area (TPSA) is 99.3 Å². The van der Waals surface area contributed by atoms with Crippen molar-refractivity contribution in [1.29, 1.82) is 0 Å². The van der Waals surface area contributed by atoms with Crippen molar-refractivity contribution in [2.45, 2.75) is 71.8 Å². The molecular weight excluding hydrogens is 578 g/mol. The lowest BCUT2D eigenvalue weighted by molar-refractivity contribution is 0.0500. The number of ether oxygens (including phenoxy) is 1. The molecule has 3 heterocycles. The second-order valence-electron chi connectivity index (χ2n) is 12.0. The first-order valence-corrected chi connectivity index (χ1v) is 16.2. The lowest BCUT2D eigenvalue weighted by atomic mass is 9.98. The molecule has 240 valence electrons. The molecule has 9 nitrogen and oxygen atoms in total. The third-order valence-electron chi connectivity index (χ3n) is 8.41. The highest BCUT2D eigenvalue weighted by molar-refractivity contribution is 6.21. The fourth-order valence-corrected chi connectivity index (χ4v) is 5.88. The molecule has 9 heteroatoms. The molecule has 3 aromatic heterocycles. The smallest absolute Gasteiger partial charge is 0.338 e. The maximum Gasteiger partial charge on any atom is 0.338 e. The number of esters is 1. The summed E-state index contributed by atoms with van der Waals surface area (Å²) in [5.74, 6) is 0.106. The number of aromatic nitrogens is 4. The minimum absolute atomic E-state index is 0.277. The normalized spacial score (nSPS) is 11.3. The standard InChI is InChI=1S/C37H43N5O4/c1-5-6-7-8-9-10-11-12-22-46-36(44)29-14-13-15-33-34(29)30(25-42(33)37(45)40(3)4)35(43)28-18-16-27(17-19-28)24-41-26(2)39-31-23-38-21-20-32(31)41/h13-21,23,25H,5-12,22,24H2,1-4H3. The summed E-state index contributed by atoms with van der Waals surface area (Å²) in [6.07, 6.45) is 14.2. The van der Waals surface area contributed by atoms with Gasteiger partial charge < -0.3 is 14.2 Å². The molecule has 0 aliphatic rings. The van der Waals surface area contributed by atoms with Crippen LogP contribution in [0.1, 0.15) is 96.0 Å². The Bertz CT molecular complexity index is 1830. The fourth-order valence-electron chi connectivity index (χ4n) is 5.88. The van der Waals surface area contributed by atoms with E-state index in [4.69, 9.17) is 4.74 Å². The van der Waals surface area contributed by atoms with Gasteiger partial charge in [-0.25, -0.2) is 14.6 Å². The molecule has 0 unspecified atom stereocenters. The number of aryl methyl sites for hydroxylation is 1. The lowest BCUT2D eigenvalue weighted by Gasteiger charge is -2.12. The molecule has 5 rings (SSSR count). The Balaban J connectivity index is 1.36. The van der Waals surface area contributed by atoms with E-state index in [1.165, 1.54) is 47.8 Å². The van der Waals surface area contributed by atoms with E-state index >= 15 is 0 Å². The van der Waals surface area contributed by atoms with Crippen molar-refractivity contribution in [2.75, 3.05) is 20.7 Å². The molecule has 0 saturated carbocycles. The third kappa shape index (κ3) is 7.19. The number of nitrogens with zero attached hydrogens (tertiary/aromatic N) is 5. The number of benzene rings is 2. The zero-order valence-corrected chi connectivity index (χ0v) is 27.3. The molecule has 0 fully saturated rings. The monoisotopic (exact) mass is 621 g/mol. The van der Waals surface area contributed by atoms with Crippen LogP contribution in [0.15, 0.2) is 67.1 Å². The second-order valence-corrected chi connectivity index (χ2v) is 12.0. The number of pyridine rings is 1. The number of hydrogen-bond acceptors (Lipinski definition) is 6.